The molecule has 7 heteroatoms. The first kappa shape index (κ1) is 15.1. The number of likely N-dealkylation sites (tertiary alicyclic amines) is 1. The van der Waals surface area contributed by atoms with E-state index >= 15 is 0 Å². The van der Waals surface area contributed by atoms with E-state index in [4.69, 9.17) is 23.2 Å². The van der Waals surface area contributed by atoms with E-state index in [2.05, 4.69) is 5.32 Å². The number of amides is 2. The Hall–Kier alpha value is -1.33. The van der Waals surface area contributed by atoms with E-state index in [1.54, 1.807) is 0 Å². The molecule has 4 nitrogen and oxygen atoms in total. The van der Waals surface area contributed by atoms with Gasteiger partial charge in [-0.1, -0.05) is 30.1 Å². The maximum absolute atomic E-state index is 13.1. The minimum absolute atomic E-state index is 0.0445. The first-order chi connectivity index (χ1) is 9.43. The van der Waals surface area contributed by atoms with Crippen molar-refractivity contribution >= 4 is 40.7 Å². The summed E-state index contributed by atoms with van der Waals surface area (Å²) in [5, 5.41) is 2.98. The number of halogens is 3. The van der Waals surface area contributed by atoms with Crippen molar-refractivity contribution in [3.8, 4) is 0 Å². The molecule has 1 atom stereocenters. The van der Waals surface area contributed by atoms with Crippen LogP contribution in [0.3, 0.4) is 0 Å². The van der Waals surface area contributed by atoms with Gasteiger partial charge in [-0.3, -0.25) is 14.5 Å². The number of nitrogens with one attached hydrogen (secondary N) is 1. The Labute approximate surface area is 125 Å². The summed E-state index contributed by atoms with van der Waals surface area (Å²) in [6, 6.07) is 1.48. The lowest BCUT2D eigenvalue weighted by atomic mass is 10.2. The zero-order chi connectivity index (χ0) is 14.9. The van der Waals surface area contributed by atoms with Crippen molar-refractivity contribution in [3.63, 3.8) is 0 Å². The Balaban J connectivity index is 2.20. The third-order valence-corrected chi connectivity index (χ3v) is 3.61. The highest BCUT2D eigenvalue weighted by molar-refractivity contribution is 6.39. The van der Waals surface area contributed by atoms with E-state index in [0.29, 0.717) is 13.0 Å². The molecule has 108 valence electrons. The molecular weight excluding hydrogens is 306 g/mol. The Bertz CT molecular complexity index is 542. The molecule has 1 aromatic carbocycles. The first-order valence-electron chi connectivity index (χ1n) is 6.19. The van der Waals surface area contributed by atoms with Crippen LogP contribution in [0.25, 0.3) is 0 Å². The van der Waals surface area contributed by atoms with Crippen LogP contribution >= 0.6 is 23.2 Å². The molecule has 1 unspecified atom stereocenters. The average Bonchev–Trinajstić information content (AvgIpc) is 2.62. The highest BCUT2D eigenvalue weighted by atomic mass is 35.5. The average molecular weight is 319 g/mol. The van der Waals surface area contributed by atoms with Crippen molar-refractivity contribution in [1.29, 1.82) is 0 Å². The number of imide groups is 1. The van der Waals surface area contributed by atoms with Crippen molar-refractivity contribution in [1.82, 2.24) is 4.90 Å². The largest absolute Gasteiger partial charge is 0.371 e. The quantitative estimate of drug-likeness (QED) is 0.868. The van der Waals surface area contributed by atoms with E-state index in [1.807, 2.05) is 6.92 Å². The SMILES string of the molecule is CCCN1C(=O)CC(Nc2c(Cl)cc(F)cc2Cl)C1=O. The molecule has 0 spiro atoms. The predicted molar refractivity (Wildman–Crippen MR) is 75.5 cm³/mol. The number of hydrogen-bond acceptors (Lipinski definition) is 3. The van der Waals surface area contributed by atoms with Crippen LogP contribution < -0.4 is 5.32 Å². The number of hydrogen-bond donors (Lipinski definition) is 1. The van der Waals surface area contributed by atoms with Crippen LogP contribution in [-0.4, -0.2) is 29.3 Å². The van der Waals surface area contributed by atoms with Gasteiger partial charge >= 0.3 is 0 Å². The Morgan fingerprint density at radius 3 is 2.50 bits per heavy atom. The van der Waals surface area contributed by atoms with Crippen LogP contribution in [0.15, 0.2) is 12.1 Å². The first-order valence-corrected chi connectivity index (χ1v) is 6.95. The van der Waals surface area contributed by atoms with Gasteiger partial charge in [0.1, 0.15) is 11.9 Å². The fourth-order valence-electron chi connectivity index (χ4n) is 2.11. The highest BCUT2D eigenvalue weighted by Gasteiger charge is 2.38. The molecular formula is C13H13Cl2FN2O2. The minimum atomic E-state index is -0.713. The Kier molecular flexibility index (Phi) is 4.50. The van der Waals surface area contributed by atoms with Gasteiger partial charge in [-0.15, -0.1) is 0 Å². The number of carbonyl (C=O) groups is 2. The van der Waals surface area contributed by atoms with Crippen LogP contribution in [0, 0.1) is 5.82 Å². The summed E-state index contributed by atoms with van der Waals surface area (Å²) in [6.07, 6.45) is 0.741. The third-order valence-electron chi connectivity index (χ3n) is 3.02. The molecule has 1 aliphatic heterocycles. The van der Waals surface area contributed by atoms with Crippen molar-refractivity contribution in [3.05, 3.63) is 28.0 Å². The molecule has 1 heterocycles. The highest BCUT2D eigenvalue weighted by Crippen LogP contribution is 2.33. The number of nitrogens with zero attached hydrogens (tertiary/aromatic N) is 1. The van der Waals surface area contributed by atoms with Gasteiger partial charge in [0.05, 0.1) is 22.2 Å². The zero-order valence-electron chi connectivity index (χ0n) is 10.8. The molecule has 20 heavy (non-hydrogen) atoms. The second kappa shape index (κ2) is 5.97. The molecule has 0 aliphatic carbocycles. The summed E-state index contributed by atoms with van der Waals surface area (Å²) in [6.45, 7) is 2.27. The summed E-state index contributed by atoms with van der Waals surface area (Å²) in [5.41, 5.74) is 0.263. The molecule has 0 bridgehead atoms. The molecule has 2 amide bonds. The van der Waals surface area contributed by atoms with Gasteiger partial charge in [0.15, 0.2) is 0 Å². The summed E-state index contributed by atoms with van der Waals surface area (Å²) < 4.78 is 13.1. The number of rotatable bonds is 4. The molecule has 2 rings (SSSR count). The van der Waals surface area contributed by atoms with E-state index in [9.17, 15) is 14.0 Å². The van der Waals surface area contributed by atoms with E-state index < -0.39 is 11.9 Å². The topological polar surface area (TPSA) is 49.4 Å². The van der Waals surface area contributed by atoms with E-state index in [0.717, 1.165) is 12.1 Å². The zero-order valence-corrected chi connectivity index (χ0v) is 12.3. The monoisotopic (exact) mass is 318 g/mol. The lowest BCUT2D eigenvalue weighted by Gasteiger charge is -2.16. The molecule has 1 saturated heterocycles. The lowest BCUT2D eigenvalue weighted by molar-refractivity contribution is -0.138. The van der Waals surface area contributed by atoms with Gasteiger partial charge in [0, 0.05) is 6.54 Å². The molecule has 1 aliphatic rings. The normalized spacial score (nSPS) is 18.8. The summed E-state index contributed by atoms with van der Waals surface area (Å²) in [4.78, 5) is 25.0. The van der Waals surface area contributed by atoms with Gasteiger partial charge in [-0.2, -0.15) is 0 Å². The standard InChI is InChI=1S/C13H13Cl2FN2O2/c1-2-3-18-11(19)6-10(13(18)20)17-12-8(14)4-7(16)5-9(12)15/h4-5,10,17H,2-3,6H2,1H3. The fraction of sp³-hybridized carbons (Fsp3) is 0.385. The summed E-state index contributed by atoms with van der Waals surface area (Å²) in [5.74, 6) is -1.11. The maximum Gasteiger partial charge on any atom is 0.252 e. The summed E-state index contributed by atoms with van der Waals surface area (Å²) in [7, 11) is 0. The molecule has 1 N–H and O–H groups in total. The van der Waals surface area contributed by atoms with E-state index in [-0.39, 0.29) is 34.0 Å². The number of benzene rings is 1. The number of carbonyl (C=O) groups excluding carboxylic acids is 2. The van der Waals surface area contributed by atoms with Crippen LogP contribution in [0.1, 0.15) is 19.8 Å². The van der Waals surface area contributed by atoms with Crippen LogP contribution in [0.4, 0.5) is 10.1 Å². The fourth-order valence-corrected chi connectivity index (χ4v) is 2.68. The molecule has 1 fully saturated rings. The smallest absolute Gasteiger partial charge is 0.252 e. The van der Waals surface area contributed by atoms with Crippen molar-refractivity contribution in [2.75, 3.05) is 11.9 Å². The lowest BCUT2D eigenvalue weighted by Crippen LogP contribution is -2.35. The number of anilines is 1. The van der Waals surface area contributed by atoms with Gasteiger partial charge < -0.3 is 5.32 Å². The van der Waals surface area contributed by atoms with Crippen molar-refractivity contribution in [2.45, 2.75) is 25.8 Å². The van der Waals surface area contributed by atoms with Crippen LogP contribution in [0.5, 0.6) is 0 Å². The second-order valence-corrected chi connectivity index (χ2v) is 5.34. The molecule has 0 radical (unpaired) electrons. The maximum atomic E-state index is 13.1. The van der Waals surface area contributed by atoms with Gasteiger partial charge in [0.2, 0.25) is 5.91 Å². The van der Waals surface area contributed by atoms with Crippen LogP contribution in [-0.2, 0) is 9.59 Å². The molecule has 0 saturated carbocycles. The Morgan fingerprint density at radius 1 is 1.35 bits per heavy atom. The third kappa shape index (κ3) is 2.88. The van der Waals surface area contributed by atoms with Crippen molar-refractivity contribution < 1.29 is 14.0 Å². The van der Waals surface area contributed by atoms with Crippen molar-refractivity contribution in [2.24, 2.45) is 0 Å². The molecule has 0 aromatic heterocycles. The second-order valence-electron chi connectivity index (χ2n) is 4.53. The summed E-state index contributed by atoms with van der Waals surface area (Å²) >= 11 is 11.8. The van der Waals surface area contributed by atoms with Crippen LogP contribution in [0.2, 0.25) is 10.0 Å². The van der Waals surface area contributed by atoms with Gasteiger partial charge in [0.25, 0.3) is 5.91 Å². The van der Waals surface area contributed by atoms with E-state index in [1.165, 1.54) is 4.90 Å². The predicted octanol–water partition coefficient (Wildman–Crippen LogP) is 3.08. The Morgan fingerprint density at radius 2 is 1.95 bits per heavy atom. The molecule has 1 aromatic rings. The van der Waals surface area contributed by atoms with Gasteiger partial charge in [-0.05, 0) is 18.6 Å². The van der Waals surface area contributed by atoms with Gasteiger partial charge in [-0.25, -0.2) is 4.39 Å². The minimum Gasteiger partial charge on any atom is -0.371 e.